The van der Waals surface area contributed by atoms with Crippen LogP contribution in [0.4, 0.5) is 4.39 Å². The summed E-state index contributed by atoms with van der Waals surface area (Å²) in [5.74, 6) is -2.13. The summed E-state index contributed by atoms with van der Waals surface area (Å²) < 4.78 is 13.6. The van der Waals surface area contributed by atoms with Gasteiger partial charge in [0.1, 0.15) is 18.0 Å². The maximum absolute atomic E-state index is 13.6. The quantitative estimate of drug-likeness (QED) is 0.489. The minimum atomic E-state index is -1.23. The van der Waals surface area contributed by atoms with E-state index in [1.165, 1.54) is 18.2 Å². The van der Waals surface area contributed by atoms with Crippen LogP contribution in [0.1, 0.15) is 29.8 Å². The Kier molecular flexibility index (Phi) is 7.28. The summed E-state index contributed by atoms with van der Waals surface area (Å²) in [5, 5.41) is 19.0. The van der Waals surface area contributed by atoms with Gasteiger partial charge in [0.05, 0.1) is 6.10 Å². The standard InChI is InChI=1S/C26H24FNO4/c1-16-23(13-12-21(29)14-22(30)15-24(31)32)26(19-8-10-20(27)11-9-19)25(17(2)28-16)18-6-4-3-5-7-18/h3-13,21,29H,14-15H2,1-2H3,(H,31,32). The molecule has 0 saturated carbocycles. The number of carboxylic acids is 1. The van der Waals surface area contributed by atoms with E-state index in [0.29, 0.717) is 5.69 Å². The van der Waals surface area contributed by atoms with Crippen LogP contribution >= 0.6 is 0 Å². The maximum atomic E-state index is 13.6. The monoisotopic (exact) mass is 433 g/mol. The number of aliphatic hydroxyl groups is 1. The van der Waals surface area contributed by atoms with Gasteiger partial charge in [-0.25, -0.2) is 4.39 Å². The molecule has 3 rings (SSSR count). The number of pyridine rings is 1. The normalized spacial score (nSPS) is 12.1. The van der Waals surface area contributed by atoms with Gasteiger partial charge in [-0.1, -0.05) is 54.6 Å². The van der Waals surface area contributed by atoms with Crippen molar-refractivity contribution in [3.63, 3.8) is 0 Å². The van der Waals surface area contributed by atoms with Crippen molar-refractivity contribution in [2.24, 2.45) is 0 Å². The van der Waals surface area contributed by atoms with Crippen molar-refractivity contribution in [2.45, 2.75) is 32.8 Å². The number of ketones is 1. The zero-order valence-electron chi connectivity index (χ0n) is 17.9. The molecule has 2 aromatic carbocycles. The fourth-order valence-electron chi connectivity index (χ4n) is 3.69. The number of benzene rings is 2. The number of nitrogens with zero attached hydrogens (tertiary/aromatic N) is 1. The second kappa shape index (κ2) is 10.1. The summed E-state index contributed by atoms with van der Waals surface area (Å²) >= 11 is 0. The topological polar surface area (TPSA) is 87.5 Å². The molecule has 32 heavy (non-hydrogen) atoms. The van der Waals surface area contributed by atoms with E-state index >= 15 is 0 Å². The molecule has 0 aliphatic carbocycles. The average molecular weight is 433 g/mol. The lowest BCUT2D eigenvalue weighted by Crippen LogP contribution is -2.14. The number of aliphatic hydroxyl groups excluding tert-OH is 1. The van der Waals surface area contributed by atoms with Crippen LogP contribution in [0.25, 0.3) is 28.3 Å². The van der Waals surface area contributed by atoms with Crippen molar-refractivity contribution < 1.29 is 24.2 Å². The Labute approximate surface area is 185 Å². The molecule has 0 bridgehead atoms. The van der Waals surface area contributed by atoms with Crippen LogP contribution in [0.15, 0.2) is 60.7 Å². The highest BCUT2D eigenvalue weighted by Crippen LogP contribution is 2.38. The molecular formula is C26H24FNO4. The van der Waals surface area contributed by atoms with Crippen molar-refractivity contribution in [1.29, 1.82) is 0 Å². The second-order valence-electron chi connectivity index (χ2n) is 7.56. The third-order valence-corrected chi connectivity index (χ3v) is 5.07. The fraction of sp³-hybridized carbons (Fsp3) is 0.192. The number of hydrogen-bond acceptors (Lipinski definition) is 4. The van der Waals surface area contributed by atoms with E-state index < -0.39 is 24.3 Å². The van der Waals surface area contributed by atoms with Gasteiger partial charge in [0, 0.05) is 34.5 Å². The first kappa shape index (κ1) is 23.0. The largest absolute Gasteiger partial charge is 0.481 e. The second-order valence-corrected chi connectivity index (χ2v) is 7.56. The van der Waals surface area contributed by atoms with Crippen molar-refractivity contribution in [3.8, 4) is 22.3 Å². The summed E-state index contributed by atoms with van der Waals surface area (Å²) in [5.41, 5.74) is 5.70. The zero-order chi connectivity index (χ0) is 23.3. The summed E-state index contributed by atoms with van der Waals surface area (Å²) in [6.07, 6.45) is 1.09. The third kappa shape index (κ3) is 5.53. The molecule has 1 aromatic heterocycles. The number of aromatic nitrogens is 1. The average Bonchev–Trinajstić information content (AvgIpc) is 2.73. The number of aryl methyl sites for hydroxylation is 2. The Hall–Kier alpha value is -3.64. The van der Waals surface area contributed by atoms with Gasteiger partial charge >= 0.3 is 5.97 Å². The van der Waals surface area contributed by atoms with E-state index in [9.17, 15) is 19.1 Å². The molecule has 1 heterocycles. The lowest BCUT2D eigenvalue weighted by Gasteiger charge is -2.18. The number of carbonyl (C=O) groups excluding carboxylic acids is 1. The summed E-state index contributed by atoms with van der Waals surface area (Å²) in [6, 6.07) is 15.9. The van der Waals surface area contributed by atoms with E-state index in [0.717, 1.165) is 33.5 Å². The van der Waals surface area contributed by atoms with Crippen molar-refractivity contribution in [3.05, 3.63) is 83.4 Å². The van der Waals surface area contributed by atoms with Gasteiger partial charge in [-0.3, -0.25) is 14.6 Å². The predicted molar refractivity (Wildman–Crippen MR) is 121 cm³/mol. The molecule has 164 valence electrons. The molecule has 5 nitrogen and oxygen atoms in total. The minimum absolute atomic E-state index is 0.293. The molecule has 1 atom stereocenters. The molecule has 6 heteroatoms. The molecule has 0 amide bonds. The Morgan fingerprint density at radius 1 is 0.969 bits per heavy atom. The van der Waals surface area contributed by atoms with E-state index in [2.05, 4.69) is 4.98 Å². The summed E-state index contributed by atoms with van der Waals surface area (Å²) in [6.45, 7) is 3.76. The fourth-order valence-corrected chi connectivity index (χ4v) is 3.69. The summed E-state index contributed by atoms with van der Waals surface area (Å²) in [4.78, 5) is 27.1. The van der Waals surface area contributed by atoms with E-state index in [1.54, 1.807) is 18.2 Å². The van der Waals surface area contributed by atoms with Gasteiger partial charge < -0.3 is 10.2 Å². The van der Waals surface area contributed by atoms with Crippen LogP contribution in [-0.2, 0) is 9.59 Å². The number of hydrogen-bond donors (Lipinski definition) is 2. The van der Waals surface area contributed by atoms with Crippen LogP contribution in [0.3, 0.4) is 0 Å². The van der Waals surface area contributed by atoms with Gasteiger partial charge in [-0.15, -0.1) is 0 Å². The molecule has 0 aliphatic heterocycles. The Balaban J connectivity index is 2.12. The molecule has 2 N–H and O–H groups in total. The highest BCUT2D eigenvalue weighted by atomic mass is 19.1. The van der Waals surface area contributed by atoms with Gasteiger partial charge in [0.25, 0.3) is 0 Å². The Morgan fingerprint density at radius 3 is 2.22 bits per heavy atom. The first-order valence-corrected chi connectivity index (χ1v) is 10.2. The molecule has 0 radical (unpaired) electrons. The van der Waals surface area contributed by atoms with Gasteiger partial charge in [-0.2, -0.15) is 0 Å². The molecule has 0 spiro atoms. The first-order valence-electron chi connectivity index (χ1n) is 10.2. The van der Waals surface area contributed by atoms with Crippen LogP contribution < -0.4 is 0 Å². The number of aliphatic carboxylic acids is 1. The minimum Gasteiger partial charge on any atom is -0.481 e. The molecule has 0 saturated heterocycles. The van der Waals surface area contributed by atoms with Crippen LogP contribution in [0.5, 0.6) is 0 Å². The Bertz CT molecular complexity index is 1150. The van der Waals surface area contributed by atoms with Crippen LogP contribution in [0, 0.1) is 19.7 Å². The molecule has 0 fully saturated rings. The van der Waals surface area contributed by atoms with Gasteiger partial charge in [-0.05, 0) is 37.1 Å². The van der Waals surface area contributed by atoms with Crippen LogP contribution in [0.2, 0.25) is 0 Å². The number of rotatable bonds is 8. The number of carboxylic acid groups (broad SMARTS) is 1. The van der Waals surface area contributed by atoms with Gasteiger partial charge in [0.15, 0.2) is 0 Å². The van der Waals surface area contributed by atoms with E-state index in [1.807, 2.05) is 44.2 Å². The van der Waals surface area contributed by atoms with E-state index in [4.69, 9.17) is 5.11 Å². The molecular weight excluding hydrogens is 409 g/mol. The lowest BCUT2D eigenvalue weighted by atomic mass is 9.88. The number of carbonyl (C=O) groups is 2. The van der Waals surface area contributed by atoms with Crippen molar-refractivity contribution in [1.82, 2.24) is 4.98 Å². The highest BCUT2D eigenvalue weighted by Gasteiger charge is 2.18. The molecule has 1 unspecified atom stereocenters. The zero-order valence-corrected chi connectivity index (χ0v) is 17.9. The van der Waals surface area contributed by atoms with Crippen molar-refractivity contribution >= 4 is 17.8 Å². The van der Waals surface area contributed by atoms with Crippen molar-refractivity contribution in [2.75, 3.05) is 0 Å². The highest BCUT2D eigenvalue weighted by molar-refractivity contribution is 5.95. The molecule has 0 aliphatic rings. The summed E-state index contributed by atoms with van der Waals surface area (Å²) in [7, 11) is 0. The number of Topliss-reactive ketones (excluding diaryl/α,β-unsaturated/α-hetero) is 1. The predicted octanol–water partition coefficient (Wildman–Crippen LogP) is 4.98. The maximum Gasteiger partial charge on any atom is 0.310 e. The van der Waals surface area contributed by atoms with Crippen LogP contribution in [-0.4, -0.2) is 33.1 Å². The van der Waals surface area contributed by atoms with E-state index in [-0.39, 0.29) is 12.2 Å². The Morgan fingerprint density at radius 2 is 1.59 bits per heavy atom. The first-order chi connectivity index (χ1) is 15.3. The number of halogens is 1. The smallest absolute Gasteiger partial charge is 0.310 e. The molecule has 3 aromatic rings. The SMILES string of the molecule is Cc1nc(C)c(-c2ccccc2)c(-c2ccc(F)cc2)c1C=CC(O)CC(=O)CC(=O)O. The third-order valence-electron chi connectivity index (χ3n) is 5.07. The lowest BCUT2D eigenvalue weighted by molar-refractivity contribution is -0.140. The van der Waals surface area contributed by atoms with Gasteiger partial charge in [0.2, 0.25) is 0 Å².